The highest BCUT2D eigenvalue weighted by atomic mass is 16.5. The Hall–Kier alpha value is -1.80. The van der Waals surface area contributed by atoms with Gasteiger partial charge in [0.15, 0.2) is 0 Å². The lowest BCUT2D eigenvalue weighted by Gasteiger charge is -2.13. The van der Waals surface area contributed by atoms with E-state index in [2.05, 4.69) is 43.3 Å². The second-order valence-corrected chi connectivity index (χ2v) is 4.54. The van der Waals surface area contributed by atoms with Gasteiger partial charge in [-0.2, -0.15) is 0 Å². The molecule has 1 atom stereocenters. The molecule has 0 aliphatic heterocycles. The minimum Gasteiger partial charge on any atom is -0.491 e. The van der Waals surface area contributed by atoms with E-state index in [-0.39, 0.29) is 14.9 Å². The van der Waals surface area contributed by atoms with Gasteiger partial charge in [0, 0.05) is 13.0 Å². The molecule has 0 amide bonds. The van der Waals surface area contributed by atoms with Gasteiger partial charge >= 0.3 is 0 Å². The van der Waals surface area contributed by atoms with Crippen molar-refractivity contribution in [2.75, 3.05) is 20.3 Å². The average Bonchev–Trinajstić information content (AvgIpc) is 2.48. The lowest BCUT2D eigenvalue weighted by molar-refractivity contribution is 0.146. The highest BCUT2D eigenvalue weighted by Gasteiger charge is 2.07. The van der Waals surface area contributed by atoms with Gasteiger partial charge in [0.2, 0.25) is 0 Å². The molecule has 0 aliphatic carbocycles. The molecular formula is C19H28O2. The normalized spacial score (nSPS) is 11.0. The summed E-state index contributed by atoms with van der Waals surface area (Å²) in [6.45, 7) is 3.42. The van der Waals surface area contributed by atoms with E-state index in [1.165, 1.54) is 11.1 Å². The Morgan fingerprint density at radius 3 is 1.95 bits per heavy atom. The van der Waals surface area contributed by atoms with Crippen molar-refractivity contribution in [2.24, 2.45) is 0 Å². The summed E-state index contributed by atoms with van der Waals surface area (Å²) in [5.74, 6) is 1.29. The summed E-state index contributed by atoms with van der Waals surface area (Å²) in [5, 5.41) is 0. The summed E-state index contributed by atoms with van der Waals surface area (Å²) < 4.78 is 10.5. The molecule has 0 saturated heterocycles. The first kappa shape index (κ1) is 19.2. The number of rotatable bonds is 6. The molecule has 2 heteroatoms. The van der Waals surface area contributed by atoms with Crippen LogP contribution in [0.1, 0.15) is 38.8 Å². The molecule has 0 aliphatic rings. The predicted molar refractivity (Wildman–Crippen MR) is 91.2 cm³/mol. The van der Waals surface area contributed by atoms with Crippen LogP contribution in [0.4, 0.5) is 0 Å². The third-order valence-corrected chi connectivity index (χ3v) is 3.24. The fraction of sp³-hybridized carbons (Fsp3) is 0.368. The largest absolute Gasteiger partial charge is 0.491 e. The molecule has 0 aromatic heterocycles. The molecule has 21 heavy (non-hydrogen) atoms. The first-order valence-electron chi connectivity index (χ1n) is 6.58. The van der Waals surface area contributed by atoms with Crippen LogP contribution < -0.4 is 4.74 Å². The number of ether oxygens (including phenoxy) is 2. The summed E-state index contributed by atoms with van der Waals surface area (Å²) >= 11 is 0. The molecule has 0 fully saturated rings. The van der Waals surface area contributed by atoms with E-state index < -0.39 is 0 Å². The van der Waals surface area contributed by atoms with E-state index in [0.717, 1.165) is 5.75 Å². The van der Waals surface area contributed by atoms with Gasteiger partial charge in [0.05, 0.1) is 6.61 Å². The molecule has 0 bridgehead atoms. The fourth-order valence-corrected chi connectivity index (χ4v) is 2.03. The molecule has 0 N–H and O–H groups in total. The highest BCUT2D eigenvalue weighted by molar-refractivity contribution is 5.35. The maximum Gasteiger partial charge on any atom is 0.119 e. The zero-order chi connectivity index (χ0) is 13.5. The fourth-order valence-electron chi connectivity index (χ4n) is 2.03. The Labute approximate surface area is 129 Å². The van der Waals surface area contributed by atoms with Gasteiger partial charge in [-0.15, -0.1) is 0 Å². The molecule has 0 heterocycles. The van der Waals surface area contributed by atoms with E-state index >= 15 is 0 Å². The lowest BCUT2D eigenvalue weighted by Crippen LogP contribution is -2.04. The van der Waals surface area contributed by atoms with Crippen molar-refractivity contribution in [3.05, 3.63) is 65.7 Å². The molecule has 0 saturated carbocycles. The van der Waals surface area contributed by atoms with Gasteiger partial charge in [0.25, 0.3) is 0 Å². The number of methoxy groups -OCH3 is 1. The standard InChI is InChI=1S/C17H20O2.2CH4/c1-14(15-6-4-3-5-7-15)16-8-10-17(11-9-16)19-13-12-18-2;;/h3-11,14H,12-13H2,1-2H3;2*1H4. The zero-order valence-electron chi connectivity index (χ0n) is 11.5. The monoisotopic (exact) mass is 288 g/mol. The van der Waals surface area contributed by atoms with Crippen LogP contribution in [-0.4, -0.2) is 20.3 Å². The summed E-state index contributed by atoms with van der Waals surface area (Å²) in [5.41, 5.74) is 2.63. The van der Waals surface area contributed by atoms with Crippen molar-refractivity contribution in [2.45, 2.75) is 27.7 Å². The molecule has 2 aromatic rings. The van der Waals surface area contributed by atoms with Gasteiger partial charge in [0.1, 0.15) is 12.4 Å². The minimum atomic E-state index is 0. The van der Waals surface area contributed by atoms with Crippen molar-refractivity contribution in [3.8, 4) is 5.75 Å². The highest BCUT2D eigenvalue weighted by Crippen LogP contribution is 2.25. The third kappa shape index (κ3) is 5.60. The van der Waals surface area contributed by atoms with Crippen LogP contribution >= 0.6 is 0 Å². The lowest BCUT2D eigenvalue weighted by atomic mass is 9.93. The number of hydrogen-bond donors (Lipinski definition) is 0. The summed E-state index contributed by atoms with van der Waals surface area (Å²) in [6.07, 6.45) is 0. The second-order valence-electron chi connectivity index (χ2n) is 4.54. The van der Waals surface area contributed by atoms with Crippen LogP contribution in [0, 0.1) is 0 Å². The Kier molecular flexibility index (Phi) is 9.15. The van der Waals surface area contributed by atoms with Crippen molar-refractivity contribution >= 4 is 0 Å². The Balaban J connectivity index is 0.00000200. The van der Waals surface area contributed by atoms with Crippen LogP contribution in [0.5, 0.6) is 5.75 Å². The summed E-state index contributed by atoms with van der Waals surface area (Å²) in [7, 11) is 1.67. The number of hydrogen-bond acceptors (Lipinski definition) is 2. The van der Waals surface area contributed by atoms with Crippen molar-refractivity contribution in [1.82, 2.24) is 0 Å². The summed E-state index contributed by atoms with van der Waals surface area (Å²) in [6, 6.07) is 18.8. The number of benzene rings is 2. The Bertz CT molecular complexity index is 477. The first-order valence-corrected chi connectivity index (χ1v) is 6.58. The second kappa shape index (κ2) is 10.0. The molecule has 2 nitrogen and oxygen atoms in total. The van der Waals surface area contributed by atoms with Crippen molar-refractivity contribution < 1.29 is 9.47 Å². The molecule has 0 spiro atoms. The quantitative estimate of drug-likeness (QED) is 0.685. The topological polar surface area (TPSA) is 18.5 Å². The molecule has 116 valence electrons. The maximum atomic E-state index is 5.56. The van der Waals surface area contributed by atoms with Gasteiger partial charge in [-0.1, -0.05) is 64.2 Å². The smallest absolute Gasteiger partial charge is 0.119 e. The third-order valence-electron chi connectivity index (χ3n) is 3.24. The van der Waals surface area contributed by atoms with Crippen LogP contribution in [0.15, 0.2) is 54.6 Å². The molecular weight excluding hydrogens is 260 g/mol. The van der Waals surface area contributed by atoms with Crippen molar-refractivity contribution in [1.29, 1.82) is 0 Å². The van der Waals surface area contributed by atoms with Gasteiger partial charge in [-0.05, 0) is 23.3 Å². The molecule has 0 radical (unpaired) electrons. The van der Waals surface area contributed by atoms with Gasteiger partial charge in [-0.25, -0.2) is 0 Å². The molecule has 2 rings (SSSR count). The Morgan fingerprint density at radius 1 is 0.810 bits per heavy atom. The van der Waals surface area contributed by atoms with Gasteiger partial charge in [-0.3, -0.25) is 0 Å². The summed E-state index contributed by atoms with van der Waals surface area (Å²) in [4.78, 5) is 0. The molecule has 2 aromatic carbocycles. The van der Waals surface area contributed by atoms with E-state index in [1.807, 2.05) is 18.2 Å². The zero-order valence-corrected chi connectivity index (χ0v) is 11.5. The van der Waals surface area contributed by atoms with E-state index in [0.29, 0.717) is 19.1 Å². The van der Waals surface area contributed by atoms with Crippen LogP contribution in [0.3, 0.4) is 0 Å². The van der Waals surface area contributed by atoms with Crippen LogP contribution in [0.2, 0.25) is 0 Å². The van der Waals surface area contributed by atoms with Crippen LogP contribution in [-0.2, 0) is 4.74 Å². The average molecular weight is 288 g/mol. The SMILES string of the molecule is C.C.COCCOc1ccc(C(C)c2ccccc2)cc1. The molecule has 1 unspecified atom stereocenters. The van der Waals surface area contributed by atoms with E-state index in [4.69, 9.17) is 9.47 Å². The minimum absolute atomic E-state index is 0. The predicted octanol–water partition coefficient (Wildman–Crippen LogP) is 5.14. The van der Waals surface area contributed by atoms with E-state index in [9.17, 15) is 0 Å². The first-order chi connectivity index (χ1) is 9.31. The maximum absolute atomic E-state index is 5.56. The van der Waals surface area contributed by atoms with E-state index in [1.54, 1.807) is 7.11 Å². The Morgan fingerprint density at radius 2 is 1.38 bits per heavy atom. The van der Waals surface area contributed by atoms with Crippen LogP contribution in [0.25, 0.3) is 0 Å². The van der Waals surface area contributed by atoms with Gasteiger partial charge < -0.3 is 9.47 Å². The van der Waals surface area contributed by atoms with Crippen molar-refractivity contribution in [3.63, 3.8) is 0 Å².